The molecule has 2 nitrogen and oxygen atoms in total. The predicted octanol–water partition coefficient (Wildman–Crippen LogP) is 3.08. The highest BCUT2D eigenvalue weighted by Crippen LogP contribution is 2.18. The zero-order valence-corrected chi connectivity index (χ0v) is 10.5. The third kappa shape index (κ3) is 2.29. The van der Waals surface area contributed by atoms with Gasteiger partial charge in [-0.1, -0.05) is 29.8 Å². The van der Waals surface area contributed by atoms with Crippen molar-refractivity contribution in [1.82, 2.24) is 9.55 Å². The summed E-state index contributed by atoms with van der Waals surface area (Å²) in [6, 6.07) is 8.52. The van der Waals surface area contributed by atoms with Gasteiger partial charge in [0, 0.05) is 13.5 Å². The van der Waals surface area contributed by atoms with E-state index >= 15 is 0 Å². The van der Waals surface area contributed by atoms with Gasteiger partial charge in [0.15, 0.2) is 0 Å². The number of rotatable bonds is 2. The molecule has 78 valence electrons. The van der Waals surface area contributed by atoms with Gasteiger partial charge >= 0.3 is 0 Å². The van der Waals surface area contributed by atoms with Crippen molar-refractivity contribution in [3.8, 4) is 0 Å². The van der Waals surface area contributed by atoms with Gasteiger partial charge < -0.3 is 4.57 Å². The number of aromatic nitrogens is 2. The Morgan fingerprint density at radius 2 is 2.20 bits per heavy atom. The third-order valence-corrected chi connectivity index (χ3v) is 3.41. The molecule has 2 aromatic rings. The molecule has 2 rings (SSSR count). The molecule has 15 heavy (non-hydrogen) atoms. The molecule has 0 aliphatic heterocycles. The molecule has 3 heteroatoms. The van der Waals surface area contributed by atoms with Gasteiger partial charge in [0.1, 0.15) is 4.60 Å². The van der Waals surface area contributed by atoms with Gasteiger partial charge in [-0.15, -0.1) is 0 Å². The predicted molar refractivity (Wildman–Crippen MR) is 64.9 cm³/mol. The Bertz CT molecular complexity index is 474. The normalized spacial score (nSPS) is 10.6. The minimum absolute atomic E-state index is 0.878. The fourth-order valence-electron chi connectivity index (χ4n) is 1.60. The van der Waals surface area contributed by atoms with Crippen LogP contribution in [0.3, 0.4) is 0 Å². The molecular weight excluding hydrogens is 252 g/mol. The summed E-state index contributed by atoms with van der Waals surface area (Å²) in [6.07, 6.45) is 2.71. The largest absolute Gasteiger partial charge is 0.328 e. The Morgan fingerprint density at radius 1 is 1.40 bits per heavy atom. The highest BCUT2D eigenvalue weighted by Gasteiger charge is 2.06. The van der Waals surface area contributed by atoms with Crippen molar-refractivity contribution >= 4 is 15.9 Å². The standard InChI is InChI=1S/C12H13BrN2/c1-9-4-3-5-10(6-9)7-11-12(13)15(2)8-14-11/h3-6,8H,7H2,1-2H3. The van der Waals surface area contributed by atoms with E-state index in [1.165, 1.54) is 11.1 Å². The van der Waals surface area contributed by atoms with Gasteiger partial charge in [0.2, 0.25) is 0 Å². The lowest BCUT2D eigenvalue weighted by molar-refractivity contribution is 0.887. The van der Waals surface area contributed by atoms with Crippen LogP contribution in [0.25, 0.3) is 0 Å². The quantitative estimate of drug-likeness (QED) is 0.815. The number of hydrogen-bond acceptors (Lipinski definition) is 1. The van der Waals surface area contributed by atoms with Crippen LogP contribution in [0.15, 0.2) is 35.2 Å². The van der Waals surface area contributed by atoms with Crippen molar-refractivity contribution in [2.45, 2.75) is 13.3 Å². The molecule has 0 aliphatic carbocycles. The summed E-state index contributed by atoms with van der Waals surface area (Å²) in [5.41, 5.74) is 3.68. The van der Waals surface area contributed by atoms with Crippen LogP contribution in [0.1, 0.15) is 16.8 Å². The van der Waals surface area contributed by atoms with Crippen LogP contribution in [0.2, 0.25) is 0 Å². The number of aryl methyl sites for hydroxylation is 2. The van der Waals surface area contributed by atoms with E-state index in [1.54, 1.807) is 0 Å². The Labute approximate surface area is 98.1 Å². The summed E-state index contributed by atoms with van der Waals surface area (Å²) in [7, 11) is 1.98. The molecule has 0 radical (unpaired) electrons. The van der Waals surface area contributed by atoms with Crippen molar-refractivity contribution in [3.05, 3.63) is 52.0 Å². The monoisotopic (exact) mass is 264 g/mol. The first-order chi connectivity index (χ1) is 7.16. The lowest BCUT2D eigenvalue weighted by atomic mass is 10.1. The van der Waals surface area contributed by atoms with Crippen LogP contribution in [0.4, 0.5) is 0 Å². The molecule has 0 N–H and O–H groups in total. The average Bonchev–Trinajstić information content (AvgIpc) is 2.50. The molecule has 0 fully saturated rings. The summed E-state index contributed by atoms with van der Waals surface area (Å²) >= 11 is 3.53. The summed E-state index contributed by atoms with van der Waals surface area (Å²) in [5.74, 6) is 0. The van der Waals surface area contributed by atoms with Crippen LogP contribution < -0.4 is 0 Å². The van der Waals surface area contributed by atoms with Gasteiger partial charge in [-0.2, -0.15) is 0 Å². The third-order valence-electron chi connectivity index (χ3n) is 2.39. The van der Waals surface area contributed by atoms with Crippen LogP contribution in [-0.4, -0.2) is 9.55 Å². The topological polar surface area (TPSA) is 17.8 Å². The second kappa shape index (κ2) is 4.19. The zero-order valence-electron chi connectivity index (χ0n) is 8.87. The van der Waals surface area contributed by atoms with Gasteiger partial charge in [0.05, 0.1) is 12.0 Å². The molecule has 0 amide bonds. The summed E-state index contributed by atoms with van der Waals surface area (Å²) < 4.78 is 3.04. The van der Waals surface area contributed by atoms with Crippen LogP contribution in [-0.2, 0) is 13.5 Å². The maximum Gasteiger partial charge on any atom is 0.108 e. The van der Waals surface area contributed by atoms with E-state index in [9.17, 15) is 0 Å². The SMILES string of the molecule is Cc1cccc(Cc2ncn(C)c2Br)c1. The first-order valence-electron chi connectivity index (χ1n) is 4.88. The number of nitrogens with zero attached hydrogens (tertiary/aromatic N) is 2. The van der Waals surface area contributed by atoms with Gasteiger partial charge in [-0.3, -0.25) is 0 Å². The Balaban J connectivity index is 2.26. The zero-order chi connectivity index (χ0) is 10.8. The minimum Gasteiger partial charge on any atom is -0.328 e. The Morgan fingerprint density at radius 3 is 2.80 bits per heavy atom. The van der Waals surface area contributed by atoms with E-state index in [-0.39, 0.29) is 0 Å². The number of imidazole rings is 1. The summed E-state index contributed by atoms with van der Waals surface area (Å²) in [5, 5.41) is 0. The van der Waals surface area contributed by atoms with E-state index in [4.69, 9.17) is 0 Å². The van der Waals surface area contributed by atoms with Crippen molar-refractivity contribution in [1.29, 1.82) is 0 Å². The second-order valence-electron chi connectivity index (χ2n) is 3.76. The number of halogens is 1. The second-order valence-corrected chi connectivity index (χ2v) is 4.51. The fraction of sp³-hybridized carbons (Fsp3) is 0.250. The van der Waals surface area contributed by atoms with Gasteiger partial charge in [-0.25, -0.2) is 4.98 Å². The molecule has 0 aliphatic rings. The maximum absolute atomic E-state index is 4.36. The van der Waals surface area contributed by atoms with E-state index in [0.29, 0.717) is 0 Å². The van der Waals surface area contributed by atoms with Crippen LogP contribution in [0.5, 0.6) is 0 Å². The van der Waals surface area contributed by atoms with Gasteiger partial charge in [-0.05, 0) is 28.4 Å². The van der Waals surface area contributed by atoms with E-state index in [0.717, 1.165) is 16.7 Å². The molecule has 0 atom stereocenters. The minimum atomic E-state index is 0.878. The van der Waals surface area contributed by atoms with Crippen molar-refractivity contribution < 1.29 is 0 Å². The smallest absolute Gasteiger partial charge is 0.108 e. The molecule has 0 bridgehead atoms. The number of benzene rings is 1. The van der Waals surface area contributed by atoms with E-state index in [1.807, 2.05) is 17.9 Å². The van der Waals surface area contributed by atoms with E-state index < -0.39 is 0 Å². The molecule has 1 aromatic carbocycles. The molecule has 0 unspecified atom stereocenters. The first-order valence-corrected chi connectivity index (χ1v) is 5.67. The molecule has 0 saturated carbocycles. The molecule has 1 aromatic heterocycles. The maximum atomic E-state index is 4.36. The Hall–Kier alpha value is -1.09. The first kappa shape index (κ1) is 10.4. The Kier molecular flexibility index (Phi) is 2.91. The average molecular weight is 265 g/mol. The molecular formula is C12H13BrN2. The highest BCUT2D eigenvalue weighted by molar-refractivity contribution is 9.10. The lowest BCUT2D eigenvalue weighted by Crippen LogP contribution is -1.91. The summed E-state index contributed by atoms with van der Waals surface area (Å²) in [4.78, 5) is 4.36. The van der Waals surface area contributed by atoms with Crippen molar-refractivity contribution in [3.63, 3.8) is 0 Å². The molecule has 0 spiro atoms. The number of hydrogen-bond donors (Lipinski definition) is 0. The van der Waals surface area contributed by atoms with Gasteiger partial charge in [0.25, 0.3) is 0 Å². The van der Waals surface area contributed by atoms with E-state index in [2.05, 4.69) is 52.1 Å². The van der Waals surface area contributed by atoms with Crippen LogP contribution >= 0.6 is 15.9 Å². The summed E-state index contributed by atoms with van der Waals surface area (Å²) in [6.45, 7) is 2.11. The lowest BCUT2D eigenvalue weighted by Gasteiger charge is -2.01. The molecule has 1 heterocycles. The fourth-order valence-corrected chi connectivity index (χ4v) is 1.93. The highest BCUT2D eigenvalue weighted by atomic mass is 79.9. The van der Waals surface area contributed by atoms with Crippen LogP contribution in [0, 0.1) is 6.92 Å². The van der Waals surface area contributed by atoms with Crippen molar-refractivity contribution in [2.75, 3.05) is 0 Å². The molecule has 0 saturated heterocycles. The van der Waals surface area contributed by atoms with Crippen molar-refractivity contribution in [2.24, 2.45) is 7.05 Å².